The predicted octanol–water partition coefficient (Wildman–Crippen LogP) is 1.20. The van der Waals surface area contributed by atoms with E-state index in [1.54, 1.807) is 4.90 Å². The number of likely N-dealkylation sites (tertiary alicyclic amines) is 1. The number of nitrogens with zero attached hydrogens (tertiary/aromatic N) is 1. The van der Waals surface area contributed by atoms with Crippen molar-refractivity contribution in [3.05, 3.63) is 0 Å². The van der Waals surface area contributed by atoms with Gasteiger partial charge in [0, 0.05) is 18.6 Å². The summed E-state index contributed by atoms with van der Waals surface area (Å²) in [4.78, 5) is 14.1. The molecule has 3 fully saturated rings. The van der Waals surface area contributed by atoms with Gasteiger partial charge in [-0.15, -0.1) is 0 Å². The van der Waals surface area contributed by atoms with Crippen molar-refractivity contribution < 1.29 is 23.7 Å². The van der Waals surface area contributed by atoms with Gasteiger partial charge in [-0.1, -0.05) is 0 Å². The Morgan fingerprint density at radius 3 is 2.50 bits per heavy atom. The number of hydrogen-bond donors (Lipinski definition) is 1. The van der Waals surface area contributed by atoms with Crippen LogP contribution in [0.2, 0.25) is 0 Å². The van der Waals surface area contributed by atoms with Crippen LogP contribution in [0.4, 0.5) is 4.79 Å². The molecular weight excluding hydrogens is 288 g/mol. The molecule has 4 atom stereocenters. The minimum Gasteiger partial charge on any atom is -0.440 e. The van der Waals surface area contributed by atoms with Crippen molar-refractivity contribution in [2.75, 3.05) is 13.1 Å². The SMILES string of the molecule is C[C@H]1O[C@@H]2OC(C)(C)O[C@@H]2[C@H]1OC(=O)N1CCC(C)(N)CC1. The molecule has 2 N–H and O–H groups in total. The quantitative estimate of drug-likeness (QED) is 0.783. The van der Waals surface area contributed by atoms with E-state index < -0.39 is 18.2 Å². The standard InChI is InChI=1S/C15H26N2O5/c1-9-10(11-12(19-9)22-14(2,3)21-11)20-13(18)17-7-5-15(4,16)6-8-17/h9-12H,5-8,16H2,1-4H3/t9-,10+,11-,12-/m1/s1. The van der Waals surface area contributed by atoms with Gasteiger partial charge >= 0.3 is 6.09 Å². The summed E-state index contributed by atoms with van der Waals surface area (Å²) >= 11 is 0. The van der Waals surface area contributed by atoms with Crippen molar-refractivity contribution in [2.24, 2.45) is 5.73 Å². The van der Waals surface area contributed by atoms with Crippen molar-refractivity contribution in [1.29, 1.82) is 0 Å². The summed E-state index contributed by atoms with van der Waals surface area (Å²) in [5, 5.41) is 0. The van der Waals surface area contributed by atoms with Gasteiger partial charge in [-0.3, -0.25) is 0 Å². The van der Waals surface area contributed by atoms with Crippen LogP contribution in [0, 0.1) is 0 Å². The third kappa shape index (κ3) is 3.08. The second kappa shape index (κ2) is 5.33. The van der Waals surface area contributed by atoms with E-state index in [9.17, 15) is 4.79 Å². The van der Waals surface area contributed by atoms with Gasteiger partial charge in [0.25, 0.3) is 0 Å². The summed E-state index contributed by atoms with van der Waals surface area (Å²) in [6.07, 6.45) is -0.334. The molecule has 0 aromatic heterocycles. The van der Waals surface area contributed by atoms with Crippen LogP contribution in [-0.4, -0.2) is 60.0 Å². The van der Waals surface area contributed by atoms with Gasteiger partial charge in [-0.2, -0.15) is 0 Å². The Bertz CT molecular complexity index is 443. The first-order chi connectivity index (χ1) is 10.2. The topological polar surface area (TPSA) is 83.2 Å². The molecule has 0 aromatic rings. The van der Waals surface area contributed by atoms with E-state index in [0.717, 1.165) is 12.8 Å². The first-order valence-electron chi connectivity index (χ1n) is 7.92. The lowest BCUT2D eigenvalue weighted by Gasteiger charge is -2.36. The predicted molar refractivity (Wildman–Crippen MR) is 78.0 cm³/mol. The Kier molecular flexibility index (Phi) is 3.87. The van der Waals surface area contributed by atoms with Crippen molar-refractivity contribution in [2.45, 2.75) is 76.5 Å². The third-order valence-corrected chi connectivity index (χ3v) is 4.62. The Morgan fingerprint density at radius 2 is 1.86 bits per heavy atom. The van der Waals surface area contributed by atoms with Crippen molar-refractivity contribution >= 4 is 6.09 Å². The van der Waals surface area contributed by atoms with E-state index in [1.165, 1.54) is 0 Å². The Labute approximate surface area is 131 Å². The molecule has 0 unspecified atom stereocenters. The highest BCUT2D eigenvalue weighted by Gasteiger charge is 2.55. The zero-order chi connectivity index (χ0) is 16.1. The van der Waals surface area contributed by atoms with Gasteiger partial charge in [0.1, 0.15) is 0 Å². The normalized spacial score (nSPS) is 39.6. The van der Waals surface area contributed by atoms with Crippen LogP contribution < -0.4 is 5.73 Å². The summed E-state index contributed by atoms with van der Waals surface area (Å²) in [6.45, 7) is 8.76. The van der Waals surface area contributed by atoms with Gasteiger partial charge < -0.3 is 29.6 Å². The number of ether oxygens (including phenoxy) is 4. The van der Waals surface area contributed by atoms with E-state index in [2.05, 4.69) is 0 Å². The molecule has 3 aliphatic heterocycles. The number of nitrogens with two attached hydrogens (primary N) is 1. The van der Waals surface area contributed by atoms with Crippen LogP contribution in [0.1, 0.15) is 40.5 Å². The van der Waals surface area contributed by atoms with Gasteiger partial charge in [-0.25, -0.2) is 4.79 Å². The maximum Gasteiger partial charge on any atom is 0.410 e. The maximum atomic E-state index is 12.4. The van der Waals surface area contributed by atoms with E-state index in [0.29, 0.717) is 13.1 Å². The molecule has 7 heteroatoms. The summed E-state index contributed by atoms with van der Waals surface area (Å²) in [6, 6.07) is 0. The number of hydrogen-bond acceptors (Lipinski definition) is 6. The molecule has 1 amide bonds. The highest BCUT2D eigenvalue weighted by atomic mass is 16.8. The molecule has 126 valence electrons. The van der Waals surface area contributed by atoms with Crippen molar-refractivity contribution in [1.82, 2.24) is 4.90 Å². The first-order valence-corrected chi connectivity index (χ1v) is 7.92. The molecule has 0 radical (unpaired) electrons. The molecule has 22 heavy (non-hydrogen) atoms. The molecule has 0 bridgehead atoms. The van der Waals surface area contributed by atoms with Gasteiger partial charge in [0.2, 0.25) is 0 Å². The molecule has 0 aromatic carbocycles. The van der Waals surface area contributed by atoms with Gasteiger partial charge in [-0.05, 0) is 40.5 Å². The fourth-order valence-electron chi connectivity index (χ4n) is 3.20. The molecule has 3 saturated heterocycles. The number of carbonyl (C=O) groups is 1. The lowest BCUT2D eigenvalue weighted by atomic mass is 9.91. The molecule has 3 heterocycles. The number of piperidine rings is 1. The Hall–Kier alpha value is -0.890. The lowest BCUT2D eigenvalue weighted by Crippen LogP contribution is -2.51. The van der Waals surface area contributed by atoms with Crippen LogP contribution in [0.25, 0.3) is 0 Å². The second-order valence-electron chi connectivity index (χ2n) is 7.30. The summed E-state index contributed by atoms with van der Waals surface area (Å²) in [5.41, 5.74) is 5.89. The average molecular weight is 314 g/mol. The molecule has 0 spiro atoms. The monoisotopic (exact) mass is 314 g/mol. The van der Waals surface area contributed by atoms with Crippen LogP contribution in [0.5, 0.6) is 0 Å². The lowest BCUT2D eigenvalue weighted by molar-refractivity contribution is -0.212. The van der Waals surface area contributed by atoms with Crippen LogP contribution in [0.3, 0.4) is 0 Å². The molecule has 0 aliphatic carbocycles. The zero-order valence-electron chi connectivity index (χ0n) is 13.7. The molecular formula is C15H26N2O5. The molecule has 0 saturated carbocycles. The number of fused-ring (bicyclic) bond motifs is 1. The second-order valence-corrected chi connectivity index (χ2v) is 7.30. The number of carbonyl (C=O) groups excluding carboxylic acids is 1. The molecule has 3 aliphatic rings. The molecule has 7 nitrogen and oxygen atoms in total. The summed E-state index contributed by atoms with van der Waals surface area (Å²) in [5.74, 6) is -0.716. The van der Waals surface area contributed by atoms with Gasteiger partial charge in [0.15, 0.2) is 24.3 Å². The first kappa shape index (κ1) is 16.0. The van der Waals surface area contributed by atoms with Crippen LogP contribution in [-0.2, 0) is 18.9 Å². The Balaban J connectivity index is 1.59. The number of rotatable bonds is 1. The summed E-state index contributed by atoms with van der Waals surface area (Å²) in [7, 11) is 0. The maximum absolute atomic E-state index is 12.4. The fourth-order valence-corrected chi connectivity index (χ4v) is 3.20. The highest BCUT2D eigenvalue weighted by molar-refractivity contribution is 5.68. The average Bonchev–Trinajstić information content (AvgIpc) is 2.82. The highest BCUT2D eigenvalue weighted by Crippen LogP contribution is 2.38. The Morgan fingerprint density at radius 1 is 1.23 bits per heavy atom. The van der Waals surface area contributed by atoms with E-state index in [4.69, 9.17) is 24.7 Å². The van der Waals surface area contributed by atoms with E-state index in [-0.39, 0.29) is 23.8 Å². The number of amides is 1. The summed E-state index contributed by atoms with van der Waals surface area (Å²) < 4.78 is 22.8. The van der Waals surface area contributed by atoms with E-state index in [1.807, 2.05) is 27.7 Å². The zero-order valence-corrected chi connectivity index (χ0v) is 13.7. The smallest absolute Gasteiger partial charge is 0.410 e. The van der Waals surface area contributed by atoms with Crippen molar-refractivity contribution in [3.63, 3.8) is 0 Å². The van der Waals surface area contributed by atoms with E-state index >= 15 is 0 Å². The molecule has 3 rings (SSSR count). The minimum absolute atomic E-state index is 0.196. The largest absolute Gasteiger partial charge is 0.440 e. The fraction of sp³-hybridized carbons (Fsp3) is 0.933. The third-order valence-electron chi connectivity index (χ3n) is 4.62. The van der Waals surface area contributed by atoms with Crippen LogP contribution in [0.15, 0.2) is 0 Å². The van der Waals surface area contributed by atoms with Gasteiger partial charge in [0.05, 0.1) is 6.10 Å². The van der Waals surface area contributed by atoms with Crippen LogP contribution >= 0.6 is 0 Å². The minimum atomic E-state index is -0.716. The van der Waals surface area contributed by atoms with Crippen molar-refractivity contribution in [3.8, 4) is 0 Å².